The van der Waals surface area contributed by atoms with E-state index in [1.54, 1.807) is 6.92 Å². The van der Waals surface area contributed by atoms with Crippen LogP contribution in [0.3, 0.4) is 0 Å². The van der Waals surface area contributed by atoms with Gasteiger partial charge in [0, 0.05) is 19.0 Å². The van der Waals surface area contributed by atoms with E-state index in [-0.39, 0.29) is 17.9 Å². The van der Waals surface area contributed by atoms with Crippen molar-refractivity contribution in [3.05, 3.63) is 0 Å². The van der Waals surface area contributed by atoms with E-state index in [0.29, 0.717) is 18.9 Å². The van der Waals surface area contributed by atoms with E-state index >= 15 is 0 Å². The Hall–Kier alpha value is -1.08. The summed E-state index contributed by atoms with van der Waals surface area (Å²) in [5.41, 5.74) is 5.79. The minimum Gasteiger partial charge on any atom is -0.355 e. The fraction of sp³-hybridized carbons (Fsp3) is 0.800. The molecule has 1 rings (SSSR count). The van der Waals surface area contributed by atoms with Gasteiger partial charge in [-0.15, -0.1) is 0 Å². The van der Waals surface area contributed by atoms with Crippen LogP contribution in [-0.2, 0) is 4.79 Å². The molecule has 0 aromatic rings. The van der Waals surface area contributed by atoms with Gasteiger partial charge < -0.3 is 11.1 Å². The monoisotopic (exact) mass is 195 g/mol. The van der Waals surface area contributed by atoms with Crippen LogP contribution in [0.4, 0.5) is 0 Å². The maximum Gasteiger partial charge on any atom is 0.221 e. The molecule has 1 saturated carbocycles. The van der Waals surface area contributed by atoms with Crippen molar-refractivity contribution in [3.63, 3.8) is 0 Å². The average Bonchev–Trinajstić information content (AvgIpc) is 2.97. The second kappa shape index (κ2) is 4.97. The van der Waals surface area contributed by atoms with Gasteiger partial charge in [-0.3, -0.25) is 4.79 Å². The molecule has 4 heteroatoms. The van der Waals surface area contributed by atoms with Crippen LogP contribution >= 0.6 is 0 Å². The first-order valence-corrected chi connectivity index (χ1v) is 5.05. The molecular formula is C10H17N3O. The number of nitrogens with zero attached hydrogens (tertiary/aromatic N) is 1. The van der Waals surface area contributed by atoms with Gasteiger partial charge in [0.05, 0.1) is 12.0 Å². The molecule has 0 bridgehead atoms. The molecule has 0 radical (unpaired) electrons. The summed E-state index contributed by atoms with van der Waals surface area (Å²) in [6.07, 6.45) is 2.70. The maximum absolute atomic E-state index is 11.3. The Morgan fingerprint density at radius 3 is 2.86 bits per heavy atom. The lowest BCUT2D eigenvalue weighted by atomic mass is 10.1. The molecule has 0 aliphatic heterocycles. The fourth-order valence-corrected chi connectivity index (χ4v) is 1.29. The molecule has 0 heterocycles. The quantitative estimate of drug-likeness (QED) is 0.666. The molecule has 2 unspecified atom stereocenters. The fourth-order valence-electron chi connectivity index (χ4n) is 1.29. The van der Waals surface area contributed by atoms with Crippen LogP contribution < -0.4 is 11.1 Å². The Morgan fingerprint density at radius 1 is 1.71 bits per heavy atom. The van der Waals surface area contributed by atoms with Gasteiger partial charge >= 0.3 is 0 Å². The van der Waals surface area contributed by atoms with Crippen LogP contribution in [0.2, 0.25) is 0 Å². The van der Waals surface area contributed by atoms with Gasteiger partial charge in [0.25, 0.3) is 0 Å². The highest BCUT2D eigenvalue weighted by molar-refractivity contribution is 5.76. The first-order chi connectivity index (χ1) is 6.63. The first kappa shape index (κ1) is 11.0. The van der Waals surface area contributed by atoms with Gasteiger partial charge in [-0.1, -0.05) is 0 Å². The molecule has 3 N–H and O–H groups in total. The summed E-state index contributed by atoms with van der Waals surface area (Å²) in [7, 11) is 0. The Morgan fingerprint density at radius 2 is 2.36 bits per heavy atom. The van der Waals surface area contributed by atoms with Gasteiger partial charge in [-0.25, -0.2) is 0 Å². The normalized spacial score (nSPS) is 19.5. The number of carbonyl (C=O) groups excluding carboxylic acids is 1. The minimum absolute atomic E-state index is 0.00684. The second-order valence-electron chi connectivity index (χ2n) is 4.04. The number of nitrogens with two attached hydrogens (primary N) is 1. The third-order valence-electron chi connectivity index (χ3n) is 2.47. The van der Waals surface area contributed by atoms with Crippen LogP contribution in [0.25, 0.3) is 0 Å². The minimum atomic E-state index is -0.129. The van der Waals surface area contributed by atoms with Gasteiger partial charge in [0.1, 0.15) is 0 Å². The zero-order valence-corrected chi connectivity index (χ0v) is 8.49. The van der Waals surface area contributed by atoms with E-state index in [1.165, 1.54) is 0 Å². The summed E-state index contributed by atoms with van der Waals surface area (Å²) in [5.74, 6) is 0.386. The van der Waals surface area contributed by atoms with Crippen LogP contribution in [-0.4, -0.2) is 18.5 Å². The molecule has 0 saturated heterocycles. The summed E-state index contributed by atoms with van der Waals surface area (Å²) in [6, 6.07) is 2.07. The molecular weight excluding hydrogens is 178 g/mol. The van der Waals surface area contributed by atoms with Crippen LogP contribution in [0.1, 0.15) is 26.2 Å². The molecule has 14 heavy (non-hydrogen) atoms. The van der Waals surface area contributed by atoms with E-state index in [2.05, 4.69) is 11.4 Å². The van der Waals surface area contributed by atoms with E-state index in [4.69, 9.17) is 11.0 Å². The van der Waals surface area contributed by atoms with Crippen molar-refractivity contribution in [3.8, 4) is 6.07 Å². The highest BCUT2D eigenvalue weighted by atomic mass is 16.1. The summed E-state index contributed by atoms with van der Waals surface area (Å²) in [6.45, 7) is 2.20. The number of amides is 1. The molecule has 1 aliphatic carbocycles. The van der Waals surface area contributed by atoms with Gasteiger partial charge in [-0.05, 0) is 25.7 Å². The van der Waals surface area contributed by atoms with E-state index < -0.39 is 0 Å². The van der Waals surface area contributed by atoms with Crippen LogP contribution in [0, 0.1) is 23.2 Å². The van der Waals surface area contributed by atoms with Crippen molar-refractivity contribution in [2.45, 2.75) is 32.2 Å². The number of nitrogens with one attached hydrogen (secondary N) is 1. The third-order valence-corrected chi connectivity index (χ3v) is 2.47. The van der Waals surface area contributed by atoms with Gasteiger partial charge in [0.15, 0.2) is 0 Å². The highest BCUT2D eigenvalue weighted by Gasteiger charge is 2.29. The highest BCUT2D eigenvalue weighted by Crippen LogP contribution is 2.32. The summed E-state index contributed by atoms with van der Waals surface area (Å²) in [5, 5.41) is 11.2. The third kappa shape index (κ3) is 3.75. The zero-order valence-electron chi connectivity index (χ0n) is 8.49. The summed E-state index contributed by atoms with van der Waals surface area (Å²) >= 11 is 0. The lowest BCUT2D eigenvalue weighted by molar-refractivity contribution is -0.121. The summed E-state index contributed by atoms with van der Waals surface area (Å²) in [4.78, 5) is 11.3. The number of hydrogen-bond acceptors (Lipinski definition) is 3. The van der Waals surface area contributed by atoms with E-state index in [9.17, 15) is 4.79 Å². The molecule has 2 atom stereocenters. The van der Waals surface area contributed by atoms with Crippen molar-refractivity contribution >= 4 is 5.91 Å². The smallest absolute Gasteiger partial charge is 0.221 e. The number of nitriles is 1. The zero-order chi connectivity index (χ0) is 10.6. The average molecular weight is 195 g/mol. The van der Waals surface area contributed by atoms with Crippen molar-refractivity contribution < 1.29 is 4.79 Å². The molecule has 1 amide bonds. The predicted octanol–water partition coefficient (Wildman–Crippen LogP) is 0.390. The molecule has 1 aliphatic rings. The largest absolute Gasteiger partial charge is 0.355 e. The SMILES string of the molecule is CC(C#N)CNC(=O)CC(N)C1CC1. The predicted molar refractivity (Wildman–Crippen MR) is 53.1 cm³/mol. The number of rotatable bonds is 5. The van der Waals surface area contributed by atoms with E-state index in [1.807, 2.05) is 0 Å². The second-order valence-corrected chi connectivity index (χ2v) is 4.04. The van der Waals surface area contributed by atoms with Crippen LogP contribution in [0.5, 0.6) is 0 Å². The van der Waals surface area contributed by atoms with Crippen molar-refractivity contribution in [2.75, 3.05) is 6.54 Å². The Kier molecular flexibility index (Phi) is 3.90. The van der Waals surface area contributed by atoms with Crippen molar-refractivity contribution in [1.82, 2.24) is 5.32 Å². The molecule has 78 valence electrons. The molecule has 4 nitrogen and oxygen atoms in total. The lowest BCUT2D eigenvalue weighted by Crippen LogP contribution is -2.34. The number of carbonyl (C=O) groups is 1. The lowest BCUT2D eigenvalue weighted by Gasteiger charge is -2.10. The Labute approximate surface area is 84.5 Å². The molecule has 0 aromatic heterocycles. The van der Waals surface area contributed by atoms with Gasteiger partial charge in [0.2, 0.25) is 5.91 Å². The van der Waals surface area contributed by atoms with Gasteiger partial charge in [-0.2, -0.15) is 5.26 Å². The van der Waals surface area contributed by atoms with E-state index in [0.717, 1.165) is 12.8 Å². The topological polar surface area (TPSA) is 78.9 Å². The number of hydrogen-bond donors (Lipinski definition) is 2. The van der Waals surface area contributed by atoms with Crippen LogP contribution in [0.15, 0.2) is 0 Å². The maximum atomic E-state index is 11.3. The molecule has 0 spiro atoms. The Bertz CT molecular complexity index is 242. The first-order valence-electron chi connectivity index (χ1n) is 5.05. The van der Waals surface area contributed by atoms with Crippen molar-refractivity contribution in [1.29, 1.82) is 5.26 Å². The Balaban J connectivity index is 2.12. The standard InChI is InChI=1S/C10H17N3O/c1-7(5-11)6-13-10(14)4-9(12)8-2-3-8/h7-9H,2-4,6,12H2,1H3,(H,13,14). The molecule has 1 fully saturated rings. The molecule has 0 aromatic carbocycles. The van der Waals surface area contributed by atoms with Crippen molar-refractivity contribution in [2.24, 2.45) is 17.6 Å². The summed E-state index contributed by atoms with van der Waals surface area (Å²) < 4.78 is 0.